The molecule has 0 bridgehead atoms. The Morgan fingerprint density at radius 1 is 1.28 bits per heavy atom. The van der Waals surface area contributed by atoms with E-state index in [-0.39, 0.29) is 0 Å². The van der Waals surface area contributed by atoms with Crippen LogP contribution in [-0.4, -0.2) is 12.3 Å². The van der Waals surface area contributed by atoms with Crippen molar-refractivity contribution in [2.75, 3.05) is 6.54 Å². The lowest BCUT2D eigenvalue weighted by Gasteiger charge is -2.10. The van der Waals surface area contributed by atoms with E-state index in [4.69, 9.17) is 0 Å². The molecular weight excluding hydrogens is 239 g/mol. The van der Waals surface area contributed by atoms with Gasteiger partial charge in [-0.2, -0.15) is 13.2 Å². The lowest BCUT2D eigenvalue weighted by Crippen LogP contribution is -2.08. The quantitative estimate of drug-likeness (QED) is 0.701. The van der Waals surface area contributed by atoms with Gasteiger partial charge in [-0.1, -0.05) is 32.9 Å². The minimum absolute atomic E-state index is 0.400. The van der Waals surface area contributed by atoms with Crippen molar-refractivity contribution >= 4 is 5.71 Å². The highest BCUT2D eigenvalue weighted by Crippen LogP contribution is 2.29. The molecule has 0 atom stereocenters. The van der Waals surface area contributed by atoms with Crippen LogP contribution in [0.3, 0.4) is 0 Å². The first-order valence-electron chi connectivity index (χ1n) is 6.05. The van der Waals surface area contributed by atoms with Crippen LogP contribution >= 0.6 is 0 Å². The zero-order valence-corrected chi connectivity index (χ0v) is 10.9. The minimum Gasteiger partial charge on any atom is -0.289 e. The summed E-state index contributed by atoms with van der Waals surface area (Å²) in [5, 5.41) is 0. The minimum atomic E-state index is -4.30. The summed E-state index contributed by atoms with van der Waals surface area (Å²) in [5.74, 6) is 0.400. The van der Waals surface area contributed by atoms with Crippen molar-refractivity contribution in [2.24, 2.45) is 10.9 Å². The maximum Gasteiger partial charge on any atom is 0.416 e. The van der Waals surface area contributed by atoms with Gasteiger partial charge in [0.15, 0.2) is 0 Å². The van der Waals surface area contributed by atoms with Crippen molar-refractivity contribution in [2.45, 2.75) is 33.4 Å². The van der Waals surface area contributed by atoms with Crippen LogP contribution in [0, 0.1) is 5.92 Å². The van der Waals surface area contributed by atoms with Gasteiger partial charge in [0, 0.05) is 12.3 Å². The van der Waals surface area contributed by atoms with Gasteiger partial charge in [-0.3, -0.25) is 4.99 Å². The molecule has 4 heteroatoms. The van der Waals surface area contributed by atoms with Crippen LogP contribution in [-0.2, 0) is 6.18 Å². The van der Waals surface area contributed by atoms with Gasteiger partial charge >= 0.3 is 6.18 Å². The second-order valence-electron chi connectivity index (χ2n) is 4.61. The summed E-state index contributed by atoms with van der Waals surface area (Å²) in [6.07, 6.45) is -3.67. The second kappa shape index (κ2) is 6.03. The zero-order chi connectivity index (χ0) is 13.8. The van der Waals surface area contributed by atoms with Crippen molar-refractivity contribution in [3.63, 3.8) is 0 Å². The first-order chi connectivity index (χ1) is 8.34. The summed E-state index contributed by atoms with van der Waals surface area (Å²) in [4.78, 5) is 4.38. The molecule has 1 aromatic carbocycles. The molecule has 0 unspecified atom stereocenters. The largest absolute Gasteiger partial charge is 0.416 e. The highest BCUT2D eigenvalue weighted by atomic mass is 19.4. The maximum absolute atomic E-state index is 12.6. The van der Waals surface area contributed by atoms with Crippen molar-refractivity contribution in [3.8, 4) is 0 Å². The predicted molar refractivity (Wildman–Crippen MR) is 68.0 cm³/mol. The molecule has 0 saturated carbocycles. The van der Waals surface area contributed by atoms with E-state index in [0.29, 0.717) is 24.4 Å². The molecule has 1 aromatic rings. The third-order valence-corrected chi connectivity index (χ3v) is 2.51. The third kappa shape index (κ3) is 4.17. The number of aliphatic imine (C=N–C) groups is 1. The van der Waals surface area contributed by atoms with Crippen LogP contribution in [0.5, 0.6) is 0 Å². The summed E-state index contributed by atoms with van der Waals surface area (Å²) in [7, 11) is 0. The first-order valence-corrected chi connectivity index (χ1v) is 6.05. The number of benzene rings is 1. The van der Waals surface area contributed by atoms with Crippen LogP contribution < -0.4 is 0 Å². The Hall–Kier alpha value is -1.32. The summed E-state index contributed by atoms with van der Waals surface area (Å²) < 4.78 is 37.8. The topological polar surface area (TPSA) is 12.4 Å². The van der Waals surface area contributed by atoms with Crippen LogP contribution in [0.1, 0.15) is 38.3 Å². The molecule has 1 rings (SSSR count). The van der Waals surface area contributed by atoms with Gasteiger partial charge in [0.2, 0.25) is 0 Å². The van der Waals surface area contributed by atoms with Gasteiger partial charge in [0.1, 0.15) is 0 Å². The Morgan fingerprint density at radius 3 is 2.44 bits per heavy atom. The van der Waals surface area contributed by atoms with Gasteiger partial charge in [-0.15, -0.1) is 0 Å². The number of nitrogens with zero attached hydrogens (tertiary/aromatic N) is 1. The van der Waals surface area contributed by atoms with E-state index in [2.05, 4.69) is 4.99 Å². The lowest BCUT2D eigenvalue weighted by molar-refractivity contribution is -0.137. The van der Waals surface area contributed by atoms with Crippen molar-refractivity contribution in [3.05, 3.63) is 35.4 Å². The van der Waals surface area contributed by atoms with E-state index >= 15 is 0 Å². The first kappa shape index (κ1) is 14.7. The SMILES string of the molecule is CCC(=NCC(C)C)c1cccc(C(F)(F)F)c1. The number of halogens is 3. The standard InChI is InChI=1S/C14H18F3N/c1-4-13(18-9-10(2)3)11-6-5-7-12(8-11)14(15,16)17/h5-8,10H,4,9H2,1-3H3. The Balaban J connectivity index is 3.04. The van der Waals surface area contributed by atoms with Gasteiger partial charge < -0.3 is 0 Å². The molecule has 0 aliphatic rings. The fourth-order valence-electron chi connectivity index (χ4n) is 1.58. The summed E-state index contributed by atoms with van der Waals surface area (Å²) >= 11 is 0. The normalized spacial score (nSPS) is 13.2. The van der Waals surface area contributed by atoms with Crippen molar-refractivity contribution in [1.29, 1.82) is 0 Å². The van der Waals surface area contributed by atoms with Crippen molar-refractivity contribution in [1.82, 2.24) is 0 Å². The monoisotopic (exact) mass is 257 g/mol. The molecule has 0 aliphatic carbocycles. The zero-order valence-electron chi connectivity index (χ0n) is 10.9. The van der Waals surface area contributed by atoms with Crippen molar-refractivity contribution < 1.29 is 13.2 Å². The Morgan fingerprint density at radius 2 is 1.94 bits per heavy atom. The predicted octanol–water partition coefficient (Wildman–Crippen LogP) is 4.56. The van der Waals surface area contributed by atoms with Gasteiger partial charge in [0.05, 0.1) is 5.56 Å². The molecule has 100 valence electrons. The highest BCUT2D eigenvalue weighted by molar-refractivity contribution is 6.00. The van der Waals surface area contributed by atoms with E-state index in [1.165, 1.54) is 12.1 Å². The Labute approximate surface area is 106 Å². The third-order valence-electron chi connectivity index (χ3n) is 2.51. The number of rotatable bonds is 4. The molecule has 0 saturated heterocycles. The highest BCUT2D eigenvalue weighted by Gasteiger charge is 2.30. The number of hydrogen-bond donors (Lipinski definition) is 0. The van der Waals surface area contributed by atoms with Gasteiger partial charge in [0.25, 0.3) is 0 Å². The second-order valence-corrected chi connectivity index (χ2v) is 4.61. The summed E-state index contributed by atoms with van der Waals surface area (Å²) in [6, 6.07) is 5.36. The average molecular weight is 257 g/mol. The molecule has 0 N–H and O–H groups in total. The van der Waals surface area contributed by atoms with Gasteiger partial charge in [-0.25, -0.2) is 0 Å². The smallest absolute Gasteiger partial charge is 0.289 e. The molecule has 0 heterocycles. The van der Waals surface area contributed by atoms with Crippen LogP contribution in [0.15, 0.2) is 29.3 Å². The molecule has 0 fully saturated rings. The molecule has 0 amide bonds. The fraction of sp³-hybridized carbons (Fsp3) is 0.500. The van der Waals surface area contributed by atoms with Crippen LogP contribution in [0.2, 0.25) is 0 Å². The van der Waals surface area contributed by atoms with Gasteiger partial charge in [-0.05, 0) is 30.0 Å². The molecule has 0 aliphatic heterocycles. The lowest BCUT2D eigenvalue weighted by atomic mass is 10.0. The Bertz CT molecular complexity index is 419. The molecule has 18 heavy (non-hydrogen) atoms. The van der Waals surface area contributed by atoms with E-state index in [0.717, 1.165) is 11.8 Å². The fourth-order valence-corrected chi connectivity index (χ4v) is 1.58. The number of hydrogen-bond acceptors (Lipinski definition) is 1. The molecule has 0 spiro atoms. The molecule has 1 nitrogen and oxygen atoms in total. The maximum atomic E-state index is 12.6. The number of alkyl halides is 3. The summed E-state index contributed by atoms with van der Waals surface area (Å²) in [6.45, 7) is 6.60. The van der Waals surface area contributed by atoms with E-state index < -0.39 is 11.7 Å². The van der Waals surface area contributed by atoms with E-state index in [1.54, 1.807) is 6.07 Å². The molecule has 0 radical (unpaired) electrons. The van der Waals surface area contributed by atoms with Crippen LogP contribution in [0.25, 0.3) is 0 Å². The van der Waals surface area contributed by atoms with E-state index in [9.17, 15) is 13.2 Å². The Kier molecular flexibility index (Phi) is 4.93. The molecule has 0 aromatic heterocycles. The molecular formula is C14H18F3N. The average Bonchev–Trinajstić information content (AvgIpc) is 2.29. The van der Waals surface area contributed by atoms with Crippen LogP contribution in [0.4, 0.5) is 13.2 Å². The van der Waals surface area contributed by atoms with E-state index in [1.807, 2.05) is 20.8 Å². The summed E-state index contributed by atoms with van der Waals surface area (Å²) in [5.41, 5.74) is 0.675.